The minimum atomic E-state index is -1.19. The van der Waals surface area contributed by atoms with Crippen LogP contribution in [0.3, 0.4) is 0 Å². The molecule has 5 atom stereocenters. The number of carbonyl (C=O) groups excluding carboxylic acids is 5. The fourth-order valence-electron chi connectivity index (χ4n) is 5.18. The van der Waals surface area contributed by atoms with Gasteiger partial charge in [0.2, 0.25) is 17.6 Å². The number of halogens is 2. The van der Waals surface area contributed by atoms with E-state index in [9.17, 15) is 24.0 Å². The zero-order valence-corrected chi connectivity index (χ0v) is 23.8. The molecule has 5 amide bonds. The van der Waals surface area contributed by atoms with Gasteiger partial charge in [-0.3, -0.25) is 19.2 Å². The minimum Gasteiger partial charge on any atom is -0.363 e. The number of primary amides is 1. The van der Waals surface area contributed by atoms with Gasteiger partial charge < -0.3 is 26.6 Å². The van der Waals surface area contributed by atoms with Gasteiger partial charge in [0.1, 0.15) is 16.4 Å². The van der Waals surface area contributed by atoms with Crippen molar-refractivity contribution < 1.29 is 24.0 Å². The normalized spacial score (nSPS) is 26.3. The van der Waals surface area contributed by atoms with Crippen LogP contribution in [-0.2, 0) is 19.2 Å². The van der Waals surface area contributed by atoms with Crippen LogP contribution in [-0.4, -0.2) is 69.0 Å². The molecule has 208 valence electrons. The van der Waals surface area contributed by atoms with Gasteiger partial charge >= 0.3 is 6.03 Å². The number of nitrogens with two attached hydrogens (primary N) is 1. The number of carbonyl (C=O) groups is 5. The van der Waals surface area contributed by atoms with Gasteiger partial charge in [0.05, 0.1) is 6.04 Å². The molecular formula is C25H39Cl2N5O5. The SMILES string of the molecule is CC(C)(C)NC(=O)NC(C(=O)N1CC2[C@H](C1C(=O)NC(CC1CCC1)C(=O)C(N)=O)C2(Cl)Cl)C(C)(C)C. The van der Waals surface area contributed by atoms with E-state index in [2.05, 4.69) is 16.0 Å². The van der Waals surface area contributed by atoms with E-state index in [-0.39, 0.29) is 18.4 Å². The third-order valence-corrected chi connectivity index (χ3v) is 8.50. The van der Waals surface area contributed by atoms with Crippen LogP contribution >= 0.6 is 23.2 Å². The minimum absolute atomic E-state index is 0.126. The molecule has 2 saturated carbocycles. The lowest BCUT2D eigenvalue weighted by Crippen LogP contribution is -2.62. The number of piperidine rings is 1. The summed E-state index contributed by atoms with van der Waals surface area (Å²) in [5, 5.41) is 8.22. The third kappa shape index (κ3) is 6.50. The first-order valence-electron chi connectivity index (χ1n) is 12.8. The highest BCUT2D eigenvalue weighted by atomic mass is 35.5. The fourth-order valence-corrected chi connectivity index (χ4v) is 6.00. The van der Waals surface area contributed by atoms with Gasteiger partial charge in [0.25, 0.3) is 5.91 Å². The van der Waals surface area contributed by atoms with Crippen LogP contribution < -0.4 is 21.7 Å². The van der Waals surface area contributed by atoms with Crippen molar-refractivity contribution in [2.45, 2.75) is 95.2 Å². The largest absolute Gasteiger partial charge is 0.363 e. The highest BCUT2D eigenvalue weighted by molar-refractivity contribution is 6.51. The molecular weight excluding hydrogens is 521 g/mol. The summed E-state index contributed by atoms with van der Waals surface area (Å²) in [6, 6.07) is -3.61. The van der Waals surface area contributed by atoms with Crippen LogP contribution in [0.5, 0.6) is 0 Å². The van der Waals surface area contributed by atoms with Crippen LogP contribution in [0.15, 0.2) is 0 Å². The standard InChI is InChI=1S/C25H39Cl2N5O5/c1-23(2,3)18(30-22(37)31-24(4,5)6)21(36)32-11-13-15(25(13,26)27)16(32)20(35)29-14(17(33)19(28)34)10-12-8-7-9-12/h12-16,18H,7-11H2,1-6H3,(H2,28,34)(H,29,35)(H2,30,31,37)/t13?,14?,15-,16?,18?/m1/s1. The molecule has 37 heavy (non-hydrogen) atoms. The summed E-state index contributed by atoms with van der Waals surface area (Å²) >= 11 is 12.9. The van der Waals surface area contributed by atoms with Crippen molar-refractivity contribution in [3.8, 4) is 0 Å². The lowest BCUT2D eigenvalue weighted by atomic mass is 9.80. The number of hydrogen-bond acceptors (Lipinski definition) is 5. The highest BCUT2D eigenvalue weighted by Gasteiger charge is 2.74. The van der Waals surface area contributed by atoms with E-state index in [1.165, 1.54) is 4.90 Å². The summed E-state index contributed by atoms with van der Waals surface area (Å²) in [6.45, 7) is 11.0. The highest BCUT2D eigenvalue weighted by Crippen LogP contribution is 2.65. The van der Waals surface area contributed by atoms with Crippen LogP contribution in [0.1, 0.15) is 67.2 Å². The van der Waals surface area contributed by atoms with E-state index >= 15 is 0 Å². The molecule has 0 aromatic carbocycles. The molecule has 5 N–H and O–H groups in total. The Morgan fingerprint density at radius 1 is 1.03 bits per heavy atom. The molecule has 3 aliphatic rings. The first-order chi connectivity index (χ1) is 16.8. The smallest absolute Gasteiger partial charge is 0.315 e. The number of rotatable bonds is 8. The van der Waals surface area contributed by atoms with Crippen LogP contribution in [0.2, 0.25) is 0 Å². The molecule has 3 rings (SSSR count). The summed E-state index contributed by atoms with van der Waals surface area (Å²) in [6.07, 6.45) is 3.13. The molecule has 10 nitrogen and oxygen atoms in total. The number of ketones is 1. The number of fused-ring (bicyclic) bond motifs is 1. The molecule has 4 unspecified atom stereocenters. The molecule has 0 bridgehead atoms. The Kier molecular flexibility index (Phi) is 8.16. The maximum atomic E-state index is 13.8. The molecule has 1 saturated heterocycles. The molecule has 0 aromatic rings. The Hall–Kier alpha value is -2.07. The van der Waals surface area contributed by atoms with Gasteiger partial charge in [-0.25, -0.2) is 4.79 Å². The molecule has 0 radical (unpaired) electrons. The molecule has 0 aromatic heterocycles. The fraction of sp³-hybridized carbons (Fsp3) is 0.800. The summed E-state index contributed by atoms with van der Waals surface area (Å²) in [5.41, 5.74) is 4.03. The predicted octanol–water partition coefficient (Wildman–Crippen LogP) is 1.86. The number of hydrogen-bond donors (Lipinski definition) is 4. The monoisotopic (exact) mass is 559 g/mol. The number of likely N-dealkylation sites (tertiary alicyclic amines) is 1. The Balaban J connectivity index is 1.83. The Bertz CT molecular complexity index is 969. The van der Waals surface area contributed by atoms with Gasteiger partial charge in [0.15, 0.2) is 0 Å². The summed E-state index contributed by atoms with van der Waals surface area (Å²) in [7, 11) is 0. The molecule has 2 aliphatic carbocycles. The van der Waals surface area contributed by atoms with E-state index < -0.39 is 68.9 Å². The third-order valence-electron chi connectivity index (χ3n) is 7.43. The Labute approximate surface area is 228 Å². The number of nitrogens with one attached hydrogen (secondary N) is 3. The predicted molar refractivity (Wildman–Crippen MR) is 140 cm³/mol. The second-order valence-corrected chi connectivity index (χ2v) is 14.2. The molecule has 0 spiro atoms. The van der Waals surface area contributed by atoms with Gasteiger partial charge in [-0.2, -0.15) is 0 Å². The first kappa shape index (κ1) is 29.5. The number of amides is 5. The van der Waals surface area contributed by atoms with Crippen LogP contribution in [0.4, 0.5) is 4.79 Å². The molecule has 1 aliphatic heterocycles. The summed E-state index contributed by atoms with van der Waals surface area (Å²) < 4.78 is -1.19. The second kappa shape index (κ2) is 10.2. The zero-order valence-electron chi connectivity index (χ0n) is 22.3. The summed E-state index contributed by atoms with van der Waals surface area (Å²) in [5.74, 6) is -3.74. The van der Waals surface area contributed by atoms with Crippen molar-refractivity contribution in [3.63, 3.8) is 0 Å². The van der Waals surface area contributed by atoms with Gasteiger partial charge in [-0.05, 0) is 38.5 Å². The maximum Gasteiger partial charge on any atom is 0.315 e. The molecule has 1 heterocycles. The van der Waals surface area contributed by atoms with E-state index in [1.54, 1.807) is 0 Å². The number of alkyl halides is 2. The quantitative estimate of drug-likeness (QED) is 0.264. The van der Waals surface area contributed by atoms with Crippen molar-refractivity contribution in [2.24, 2.45) is 28.9 Å². The van der Waals surface area contributed by atoms with E-state index in [1.807, 2.05) is 41.5 Å². The van der Waals surface area contributed by atoms with Gasteiger partial charge in [-0.15, -0.1) is 23.2 Å². The lowest BCUT2D eigenvalue weighted by molar-refractivity contribution is -0.144. The zero-order chi connectivity index (χ0) is 28.1. The average molecular weight is 561 g/mol. The van der Waals surface area contributed by atoms with Crippen molar-refractivity contribution >= 4 is 52.7 Å². The number of Topliss-reactive ketones (excluding diaryl/α,β-unsaturated/α-hetero) is 1. The van der Waals surface area contributed by atoms with Crippen LogP contribution in [0.25, 0.3) is 0 Å². The van der Waals surface area contributed by atoms with E-state index in [4.69, 9.17) is 28.9 Å². The second-order valence-electron chi connectivity index (χ2n) is 12.7. The van der Waals surface area contributed by atoms with Crippen molar-refractivity contribution in [2.75, 3.05) is 6.54 Å². The van der Waals surface area contributed by atoms with Gasteiger partial charge in [0, 0.05) is 23.9 Å². The Morgan fingerprint density at radius 2 is 1.62 bits per heavy atom. The van der Waals surface area contributed by atoms with E-state index in [0.29, 0.717) is 6.42 Å². The van der Waals surface area contributed by atoms with Crippen LogP contribution in [0, 0.1) is 23.2 Å². The van der Waals surface area contributed by atoms with Gasteiger partial charge in [-0.1, -0.05) is 40.0 Å². The molecule has 12 heteroatoms. The topological polar surface area (TPSA) is 151 Å². The average Bonchev–Trinajstić information content (AvgIpc) is 3.06. The van der Waals surface area contributed by atoms with Crippen molar-refractivity contribution in [1.82, 2.24) is 20.9 Å². The molecule has 3 fully saturated rings. The number of nitrogens with zero attached hydrogens (tertiary/aromatic N) is 1. The summed E-state index contributed by atoms with van der Waals surface area (Å²) in [4.78, 5) is 65.6. The van der Waals surface area contributed by atoms with Crippen molar-refractivity contribution in [3.05, 3.63) is 0 Å². The lowest BCUT2D eigenvalue weighted by Gasteiger charge is -2.38. The Morgan fingerprint density at radius 3 is 2.08 bits per heavy atom. The first-order valence-corrected chi connectivity index (χ1v) is 13.5. The van der Waals surface area contributed by atoms with Crippen molar-refractivity contribution in [1.29, 1.82) is 0 Å². The number of urea groups is 1. The van der Waals surface area contributed by atoms with E-state index in [0.717, 1.165) is 19.3 Å². The maximum absolute atomic E-state index is 13.8.